The zero-order valence-electron chi connectivity index (χ0n) is 11.9. The average molecular weight is 298 g/mol. The zero-order chi connectivity index (χ0) is 15.1. The quantitative estimate of drug-likeness (QED) is 0.778. The Hall–Kier alpha value is -2.13. The lowest BCUT2D eigenvalue weighted by Crippen LogP contribution is -2.07. The van der Waals surface area contributed by atoms with E-state index in [0.29, 0.717) is 4.90 Å². The molecule has 2 aromatic carbocycles. The minimum atomic E-state index is -3.26. The molecular formula is C18H18O2S. The van der Waals surface area contributed by atoms with Gasteiger partial charge in [0.25, 0.3) is 0 Å². The Morgan fingerprint density at radius 2 is 1.52 bits per heavy atom. The second-order valence-electron chi connectivity index (χ2n) is 4.85. The first-order valence-corrected chi connectivity index (χ1v) is 8.40. The van der Waals surface area contributed by atoms with Gasteiger partial charge in [-0.15, -0.1) is 0 Å². The van der Waals surface area contributed by atoms with E-state index in [1.54, 1.807) is 24.3 Å². The van der Waals surface area contributed by atoms with Crippen molar-refractivity contribution < 1.29 is 8.42 Å². The highest BCUT2D eigenvalue weighted by atomic mass is 32.2. The minimum Gasteiger partial charge on any atom is -0.223 e. The maximum atomic E-state index is 12.2. The van der Waals surface area contributed by atoms with Gasteiger partial charge >= 0.3 is 0 Å². The first-order valence-electron chi connectivity index (χ1n) is 6.75. The second-order valence-corrected chi connectivity index (χ2v) is 6.84. The van der Waals surface area contributed by atoms with Gasteiger partial charge in [-0.2, -0.15) is 0 Å². The number of benzene rings is 2. The highest BCUT2D eigenvalue weighted by molar-refractivity contribution is 7.91. The molecule has 0 fully saturated rings. The van der Waals surface area contributed by atoms with Crippen molar-refractivity contribution in [2.24, 2.45) is 0 Å². The molecule has 0 aliphatic rings. The van der Waals surface area contributed by atoms with Crippen LogP contribution in [0.4, 0.5) is 0 Å². The van der Waals surface area contributed by atoms with Crippen LogP contribution in [-0.4, -0.2) is 14.2 Å². The molecule has 21 heavy (non-hydrogen) atoms. The fraction of sp³-hybridized carbons (Fsp3) is 0.111. The number of sulfone groups is 1. The summed E-state index contributed by atoms with van der Waals surface area (Å²) in [5.41, 5.74) is 1.90. The summed E-state index contributed by atoms with van der Waals surface area (Å²) in [6.07, 6.45) is 5.68. The summed E-state index contributed by atoms with van der Waals surface area (Å²) < 4.78 is 24.4. The van der Waals surface area contributed by atoms with Gasteiger partial charge in [0.05, 0.1) is 10.6 Å². The largest absolute Gasteiger partial charge is 0.223 e. The second kappa shape index (κ2) is 7.04. The van der Waals surface area contributed by atoms with E-state index < -0.39 is 9.84 Å². The van der Waals surface area contributed by atoms with Gasteiger partial charge in [0.2, 0.25) is 0 Å². The monoisotopic (exact) mass is 298 g/mol. The Morgan fingerprint density at radius 3 is 2.14 bits per heavy atom. The van der Waals surface area contributed by atoms with Crippen LogP contribution in [0.5, 0.6) is 0 Å². The maximum absolute atomic E-state index is 12.2. The molecule has 0 aromatic heterocycles. The van der Waals surface area contributed by atoms with Gasteiger partial charge in [0.1, 0.15) is 0 Å². The Bertz CT molecular complexity index is 727. The van der Waals surface area contributed by atoms with Crippen molar-refractivity contribution in [3.05, 3.63) is 84.0 Å². The van der Waals surface area contributed by atoms with Gasteiger partial charge < -0.3 is 0 Å². The Kier molecular flexibility index (Phi) is 5.12. The van der Waals surface area contributed by atoms with Crippen LogP contribution in [0.15, 0.2) is 83.3 Å². The number of rotatable bonds is 5. The predicted octanol–water partition coefficient (Wildman–Crippen LogP) is 4.12. The smallest absolute Gasteiger partial charge is 0.182 e. The molecule has 0 aliphatic carbocycles. The van der Waals surface area contributed by atoms with E-state index in [1.807, 2.05) is 61.5 Å². The molecule has 0 unspecified atom stereocenters. The van der Waals surface area contributed by atoms with E-state index in [1.165, 1.54) is 0 Å². The van der Waals surface area contributed by atoms with Crippen molar-refractivity contribution in [1.29, 1.82) is 0 Å². The fourth-order valence-corrected chi connectivity index (χ4v) is 3.38. The normalized spacial score (nSPS) is 12.7. The molecule has 0 atom stereocenters. The number of hydrogen-bond donors (Lipinski definition) is 0. The summed E-state index contributed by atoms with van der Waals surface area (Å²) in [5.74, 6) is 0.0378. The third-order valence-electron chi connectivity index (χ3n) is 2.99. The average Bonchev–Trinajstić information content (AvgIpc) is 2.49. The van der Waals surface area contributed by atoms with Crippen LogP contribution in [-0.2, 0) is 9.84 Å². The molecule has 2 rings (SSSR count). The Balaban J connectivity index is 2.06. The van der Waals surface area contributed by atoms with E-state index in [4.69, 9.17) is 0 Å². The van der Waals surface area contributed by atoms with Crippen molar-refractivity contribution in [3.63, 3.8) is 0 Å². The summed E-state index contributed by atoms with van der Waals surface area (Å²) in [7, 11) is -3.26. The summed E-state index contributed by atoms with van der Waals surface area (Å²) >= 11 is 0. The molecule has 2 aromatic rings. The molecule has 0 heterocycles. The van der Waals surface area contributed by atoms with Crippen molar-refractivity contribution in [2.75, 3.05) is 5.75 Å². The third-order valence-corrected chi connectivity index (χ3v) is 4.81. The molecule has 0 saturated heterocycles. The topological polar surface area (TPSA) is 34.1 Å². The summed E-state index contributed by atoms with van der Waals surface area (Å²) in [6.45, 7) is 1.83. The fourth-order valence-electron chi connectivity index (χ4n) is 1.95. The molecule has 0 spiro atoms. The first-order chi connectivity index (χ1) is 10.1. The van der Waals surface area contributed by atoms with Crippen molar-refractivity contribution in [2.45, 2.75) is 11.8 Å². The Labute approximate surface area is 126 Å². The van der Waals surface area contributed by atoms with Crippen LogP contribution < -0.4 is 0 Å². The van der Waals surface area contributed by atoms with E-state index in [2.05, 4.69) is 0 Å². The number of allylic oxidation sites excluding steroid dienone is 2. The molecular weight excluding hydrogens is 280 g/mol. The number of hydrogen-bond acceptors (Lipinski definition) is 2. The van der Waals surface area contributed by atoms with Crippen LogP contribution in [0.3, 0.4) is 0 Å². The lowest BCUT2D eigenvalue weighted by Gasteiger charge is -2.03. The van der Waals surface area contributed by atoms with Gasteiger partial charge in [-0.1, -0.05) is 72.3 Å². The predicted molar refractivity (Wildman–Crippen MR) is 87.7 cm³/mol. The van der Waals surface area contributed by atoms with E-state index in [-0.39, 0.29) is 5.75 Å². The van der Waals surface area contributed by atoms with E-state index in [0.717, 1.165) is 11.1 Å². The molecule has 0 N–H and O–H groups in total. The zero-order valence-corrected chi connectivity index (χ0v) is 12.8. The van der Waals surface area contributed by atoms with Crippen LogP contribution in [0, 0.1) is 0 Å². The van der Waals surface area contributed by atoms with E-state index >= 15 is 0 Å². The highest BCUT2D eigenvalue weighted by Crippen LogP contribution is 2.13. The molecule has 3 heteroatoms. The molecule has 2 nitrogen and oxygen atoms in total. The molecule has 0 saturated carbocycles. The third kappa shape index (κ3) is 4.72. The Morgan fingerprint density at radius 1 is 0.952 bits per heavy atom. The lowest BCUT2D eigenvalue weighted by atomic mass is 10.2. The van der Waals surface area contributed by atoms with Gasteiger partial charge in [-0.25, -0.2) is 8.42 Å². The molecule has 108 valence electrons. The van der Waals surface area contributed by atoms with Gasteiger partial charge in [-0.3, -0.25) is 0 Å². The highest BCUT2D eigenvalue weighted by Gasteiger charge is 2.13. The molecule has 0 bridgehead atoms. The van der Waals surface area contributed by atoms with Crippen LogP contribution in [0.1, 0.15) is 12.5 Å². The summed E-state index contributed by atoms with van der Waals surface area (Å²) in [4.78, 5) is 0.366. The van der Waals surface area contributed by atoms with E-state index in [9.17, 15) is 8.42 Å². The first kappa shape index (κ1) is 15.3. The van der Waals surface area contributed by atoms with Crippen molar-refractivity contribution in [1.82, 2.24) is 0 Å². The minimum absolute atomic E-state index is 0.0378. The van der Waals surface area contributed by atoms with Gasteiger partial charge in [0.15, 0.2) is 9.84 Å². The lowest BCUT2D eigenvalue weighted by molar-refractivity contribution is 0.598. The molecule has 0 aliphatic heterocycles. The summed E-state index contributed by atoms with van der Waals surface area (Å²) in [6, 6.07) is 18.4. The van der Waals surface area contributed by atoms with Crippen molar-refractivity contribution >= 4 is 15.9 Å². The van der Waals surface area contributed by atoms with Crippen LogP contribution in [0.2, 0.25) is 0 Å². The van der Waals surface area contributed by atoms with Gasteiger partial charge in [-0.05, 0) is 24.6 Å². The molecule has 0 radical (unpaired) electrons. The van der Waals surface area contributed by atoms with Gasteiger partial charge in [0, 0.05) is 0 Å². The SMILES string of the molecule is C/C(=C\C=C\c1ccccc1)CS(=O)(=O)c1ccccc1. The summed E-state index contributed by atoms with van der Waals surface area (Å²) in [5, 5.41) is 0. The standard InChI is InChI=1S/C18H18O2S/c1-16(9-8-12-17-10-4-2-5-11-17)15-21(19,20)18-13-6-3-7-14-18/h2-14H,15H2,1H3/b12-8+,16-9+. The van der Waals surface area contributed by atoms with Crippen LogP contribution >= 0.6 is 0 Å². The molecule has 0 amide bonds. The van der Waals surface area contributed by atoms with Crippen LogP contribution in [0.25, 0.3) is 6.08 Å². The maximum Gasteiger partial charge on any atom is 0.182 e. The van der Waals surface area contributed by atoms with Crippen molar-refractivity contribution in [3.8, 4) is 0 Å².